The molecule has 1 saturated carbocycles. The van der Waals surface area contributed by atoms with E-state index in [0.717, 1.165) is 35.7 Å². The number of fused-ring (bicyclic) bond motifs is 1. The molecule has 224 valence electrons. The van der Waals surface area contributed by atoms with Crippen LogP contribution in [0, 0.1) is 5.92 Å². The normalized spacial score (nSPS) is 24.6. The summed E-state index contributed by atoms with van der Waals surface area (Å²) in [7, 11) is -4.18. The maximum absolute atomic E-state index is 13.7. The highest BCUT2D eigenvalue weighted by Gasteiger charge is 2.42. The molecule has 5 rings (SSSR count). The lowest BCUT2D eigenvalue weighted by atomic mass is 9.97. The van der Waals surface area contributed by atoms with Crippen LogP contribution >= 0.6 is 0 Å². The number of aliphatic hydroxyl groups is 1. The van der Waals surface area contributed by atoms with Crippen LogP contribution < -0.4 is 11.1 Å². The summed E-state index contributed by atoms with van der Waals surface area (Å²) in [6, 6.07) is 14.4. The third-order valence-corrected chi connectivity index (χ3v) is 9.49. The molecule has 1 aliphatic carbocycles. The number of hydrogen-bond donors (Lipinski definition) is 3. The zero-order valence-corrected chi connectivity index (χ0v) is 23.8. The third kappa shape index (κ3) is 7.56. The average molecular weight is 590 g/mol. The number of benzene rings is 2. The van der Waals surface area contributed by atoms with Gasteiger partial charge < -0.3 is 30.4 Å². The Hall–Kier alpha value is -2.74. The third-order valence-electron chi connectivity index (χ3n) is 7.87. The average Bonchev–Trinajstić information content (AvgIpc) is 3.63. The van der Waals surface area contributed by atoms with Crippen molar-refractivity contribution in [3.63, 3.8) is 0 Å². The van der Waals surface area contributed by atoms with Gasteiger partial charge in [0, 0.05) is 18.2 Å². The highest BCUT2D eigenvalue weighted by molar-refractivity contribution is 7.89. The largest absolute Gasteiger partial charge is 0.443 e. The summed E-state index contributed by atoms with van der Waals surface area (Å²) >= 11 is 0. The van der Waals surface area contributed by atoms with E-state index in [0.29, 0.717) is 25.1 Å². The Morgan fingerprint density at radius 3 is 2.61 bits per heavy atom. The summed E-state index contributed by atoms with van der Waals surface area (Å²) in [5.74, 6) is -0.0502. The van der Waals surface area contributed by atoms with Crippen molar-refractivity contribution >= 4 is 21.8 Å². The first-order chi connectivity index (χ1) is 19.8. The number of nitrogen functional groups attached to an aromatic ring is 1. The minimum atomic E-state index is -4.18. The number of hydrogen-bond acceptors (Lipinski definition) is 9. The van der Waals surface area contributed by atoms with Gasteiger partial charge in [-0.15, -0.1) is 0 Å². The first-order valence-corrected chi connectivity index (χ1v) is 15.7. The lowest BCUT2D eigenvalue weighted by Gasteiger charge is -2.31. The van der Waals surface area contributed by atoms with Crippen LogP contribution in [0.1, 0.15) is 44.1 Å². The van der Waals surface area contributed by atoms with E-state index in [1.165, 1.54) is 12.1 Å². The summed E-state index contributed by atoms with van der Waals surface area (Å²) in [6.07, 6.45) is 2.03. The van der Waals surface area contributed by atoms with Crippen LogP contribution in [0.2, 0.25) is 0 Å². The molecule has 4 N–H and O–H groups in total. The van der Waals surface area contributed by atoms with Crippen molar-refractivity contribution in [2.75, 3.05) is 25.5 Å². The SMILES string of the molecule is Nc1cccc(S(=O)(=O)N(C[C@H](O)[C@H](Cc2ccccc2)NC(=O)O[C@H]2CO[C@H]3OCCC[C@H]32)OC2CCCC2)c1. The van der Waals surface area contributed by atoms with Crippen molar-refractivity contribution in [3.8, 4) is 0 Å². The van der Waals surface area contributed by atoms with E-state index in [4.69, 9.17) is 24.8 Å². The van der Waals surface area contributed by atoms with Crippen LogP contribution in [-0.4, -0.2) is 74.5 Å². The molecule has 11 nitrogen and oxygen atoms in total. The van der Waals surface area contributed by atoms with Gasteiger partial charge in [0.05, 0.1) is 36.3 Å². The molecule has 0 unspecified atom stereocenters. The van der Waals surface area contributed by atoms with Gasteiger partial charge in [-0.1, -0.05) is 53.7 Å². The molecule has 2 saturated heterocycles. The molecule has 41 heavy (non-hydrogen) atoms. The Bertz CT molecular complexity index is 1260. The number of amides is 1. The van der Waals surface area contributed by atoms with Crippen LogP contribution in [-0.2, 0) is 35.5 Å². The van der Waals surface area contributed by atoms with Crippen LogP contribution in [0.3, 0.4) is 0 Å². The molecule has 5 atom stereocenters. The van der Waals surface area contributed by atoms with Gasteiger partial charge in [0.25, 0.3) is 10.0 Å². The van der Waals surface area contributed by atoms with Gasteiger partial charge in [-0.2, -0.15) is 0 Å². The Kier molecular flexibility index (Phi) is 9.79. The summed E-state index contributed by atoms with van der Waals surface area (Å²) in [6.45, 7) is 0.440. The van der Waals surface area contributed by atoms with Crippen molar-refractivity contribution < 1.29 is 37.4 Å². The molecule has 1 amide bonds. The monoisotopic (exact) mass is 589 g/mol. The first kappa shape index (κ1) is 29.7. The van der Waals surface area contributed by atoms with Gasteiger partial charge in [-0.3, -0.25) is 4.84 Å². The zero-order chi connectivity index (χ0) is 28.8. The Morgan fingerprint density at radius 2 is 1.85 bits per heavy atom. The molecule has 3 fully saturated rings. The second-order valence-electron chi connectivity index (χ2n) is 10.9. The zero-order valence-electron chi connectivity index (χ0n) is 23.0. The van der Waals surface area contributed by atoms with E-state index >= 15 is 0 Å². The Labute approximate surface area is 240 Å². The molecule has 0 spiro atoms. The quantitative estimate of drug-likeness (QED) is 0.266. The van der Waals surface area contributed by atoms with Gasteiger partial charge in [-0.05, 0) is 55.9 Å². The molecular formula is C29H39N3O8S. The summed E-state index contributed by atoms with van der Waals surface area (Å²) < 4.78 is 45.2. The molecule has 12 heteroatoms. The molecule has 2 heterocycles. The molecule has 2 aromatic carbocycles. The predicted molar refractivity (Wildman–Crippen MR) is 150 cm³/mol. The fourth-order valence-corrected chi connectivity index (χ4v) is 7.01. The van der Waals surface area contributed by atoms with Crippen molar-refractivity contribution in [2.45, 2.75) is 80.5 Å². The maximum atomic E-state index is 13.7. The Balaban J connectivity index is 1.33. The van der Waals surface area contributed by atoms with Gasteiger partial charge in [0.15, 0.2) is 6.29 Å². The van der Waals surface area contributed by atoms with Crippen molar-refractivity contribution in [3.05, 3.63) is 60.2 Å². The number of hydroxylamine groups is 1. The minimum absolute atomic E-state index is 0.0415. The number of aliphatic hydroxyl groups excluding tert-OH is 1. The van der Waals surface area contributed by atoms with E-state index in [1.54, 1.807) is 12.1 Å². The second-order valence-corrected chi connectivity index (χ2v) is 12.7. The number of sulfonamides is 1. The highest BCUT2D eigenvalue weighted by Crippen LogP contribution is 2.32. The lowest BCUT2D eigenvalue weighted by molar-refractivity contribution is -0.152. The first-order valence-electron chi connectivity index (χ1n) is 14.3. The molecule has 0 bridgehead atoms. The van der Waals surface area contributed by atoms with Crippen LogP contribution in [0.15, 0.2) is 59.5 Å². The summed E-state index contributed by atoms with van der Waals surface area (Å²) in [5, 5.41) is 14.2. The number of anilines is 1. The molecule has 2 aromatic rings. The van der Waals surface area contributed by atoms with E-state index in [1.807, 2.05) is 30.3 Å². The number of carbonyl (C=O) groups is 1. The van der Waals surface area contributed by atoms with Gasteiger partial charge in [0.1, 0.15) is 6.10 Å². The van der Waals surface area contributed by atoms with E-state index in [-0.39, 0.29) is 36.2 Å². The second kappa shape index (κ2) is 13.5. The fourth-order valence-electron chi connectivity index (χ4n) is 5.65. The van der Waals surface area contributed by atoms with Gasteiger partial charge >= 0.3 is 6.09 Å². The summed E-state index contributed by atoms with van der Waals surface area (Å²) in [5.41, 5.74) is 7.01. The highest BCUT2D eigenvalue weighted by atomic mass is 32.2. The number of nitrogens with zero attached hydrogens (tertiary/aromatic N) is 1. The van der Waals surface area contributed by atoms with Crippen molar-refractivity contribution in [1.82, 2.24) is 9.79 Å². The molecule has 0 aromatic heterocycles. The van der Waals surface area contributed by atoms with Crippen LogP contribution in [0.5, 0.6) is 0 Å². The molecule has 2 aliphatic heterocycles. The lowest BCUT2D eigenvalue weighted by Crippen LogP contribution is -2.51. The van der Waals surface area contributed by atoms with E-state index < -0.39 is 40.9 Å². The van der Waals surface area contributed by atoms with Crippen LogP contribution in [0.25, 0.3) is 0 Å². The van der Waals surface area contributed by atoms with E-state index in [2.05, 4.69) is 5.32 Å². The summed E-state index contributed by atoms with van der Waals surface area (Å²) in [4.78, 5) is 19.0. The number of rotatable bonds is 11. The predicted octanol–water partition coefficient (Wildman–Crippen LogP) is 2.98. The number of ether oxygens (including phenoxy) is 3. The smallest absolute Gasteiger partial charge is 0.407 e. The number of alkyl carbamates (subject to hydrolysis) is 1. The number of nitrogens with two attached hydrogens (primary N) is 1. The minimum Gasteiger partial charge on any atom is -0.443 e. The number of carbonyl (C=O) groups excluding carboxylic acids is 1. The van der Waals surface area contributed by atoms with E-state index in [9.17, 15) is 18.3 Å². The van der Waals surface area contributed by atoms with Crippen molar-refractivity contribution in [1.29, 1.82) is 0 Å². The molecule has 0 radical (unpaired) electrons. The topological polar surface area (TPSA) is 150 Å². The maximum Gasteiger partial charge on any atom is 0.407 e. The number of nitrogens with one attached hydrogen (secondary N) is 1. The van der Waals surface area contributed by atoms with Gasteiger partial charge in [-0.25, -0.2) is 13.2 Å². The fraction of sp³-hybridized carbons (Fsp3) is 0.552. The van der Waals surface area contributed by atoms with Crippen LogP contribution in [0.4, 0.5) is 10.5 Å². The standard InChI is InChI=1S/C29H39N3O8S/c30-21-10-6-13-23(17-21)41(35,36)32(40-22-11-4-5-12-22)18-26(33)25(16-20-8-2-1-3-9-20)31-29(34)39-27-19-38-28-24(27)14-7-15-37-28/h1-3,6,8-10,13,17,22,24-28,33H,4-5,7,11-12,14-16,18-19,30H2,(H,31,34)/t24-,25-,26-,27-,28+/m0/s1. The van der Waals surface area contributed by atoms with Crippen molar-refractivity contribution in [2.24, 2.45) is 5.92 Å². The molecular weight excluding hydrogens is 550 g/mol. The Morgan fingerprint density at radius 1 is 1.07 bits per heavy atom. The van der Waals surface area contributed by atoms with Gasteiger partial charge in [0.2, 0.25) is 0 Å². The molecule has 3 aliphatic rings.